The molecule has 12 heavy (non-hydrogen) atoms. The highest BCUT2D eigenvalue weighted by atomic mass is 15.2. The Morgan fingerprint density at radius 3 is 2.67 bits per heavy atom. The summed E-state index contributed by atoms with van der Waals surface area (Å²) >= 11 is 0. The summed E-state index contributed by atoms with van der Waals surface area (Å²) in [6.07, 6.45) is 2.62. The van der Waals surface area contributed by atoms with Gasteiger partial charge >= 0.3 is 0 Å². The van der Waals surface area contributed by atoms with Crippen molar-refractivity contribution in [2.75, 3.05) is 19.6 Å². The number of nitrogens with two attached hydrogens (primary N) is 1. The van der Waals surface area contributed by atoms with Crippen molar-refractivity contribution >= 4 is 0 Å². The Morgan fingerprint density at radius 1 is 1.50 bits per heavy atom. The second kappa shape index (κ2) is 3.75. The fourth-order valence-corrected chi connectivity index (χ4v) is 2.40. The van der Waals surface area contributed by atoms with Gasteiger partial charge in [-0.2, -0.15) is 0 Å². The molecule has 1 rings (SSSR count). The summed E-state index contributed by atoms with van der Waals surface area (Å²) in [4.78, 5) is 2.55. The molecular formula is C10H22N2. The summed E-state index contributed by atoms with van der Waals surface area (Å²) in [5, 5.41) is 0. The molecule has 1 atom stereocenters. The Labute approximate surface area is 76.1 Å². The number of rotatable bonds is 2. The summed E-state index contributed by atoms with van der Waals surface area (Å²) in [5.74, 6) is 0.686. The SMILES string of the molecule is CCN1CCCC(CN)C1(C)C. The Balaban J connectivity index is 2.67. The summed E-state index contributed by atoms with van der Waals surface area (Å²) < 4.78 is 0. The van der Waals surface area contributed by atoms with Gasteiger partial charge in [0, 0.05) is 5.54 Å². The van der Waals surface area contributed by atoms with Gasteiger partial charge in [0.25, 0.3) is 0 Å². The quantitative estimate of drug-likeness (QED) is 0.680. The molecule has 2 nitrogen and oxygen atoms in total. The van der Waals surface area contributed by atoms with Gasteiger partial charge in [-0.15, -0.1) is 0 Å². The van der Waals surface area contributed by atoms with Crippen molar-refractivity contribution in [3.05, 3.63) is 0 Å². The molecule has 0 aliphatic carbocycles. The Kier molecular flexibility index (Phi) is 3.13. The van der Waals surface area contributed by atoms with Gasteiger partial charge in [0.15, 0.2) is 0 Å². The van der Waals surface area contributed by atoms with Crippen molar-refractivity contribution in [1.29, 1.82) is 0 Å². The molecule has 0 aromatic heterocycles. The zero-order valence-electron chi connectivity index (χ0n) is 8.64. The van der Waals surface area contributed by atoms with Gasteiger partial charge in [0.2, 0.25) is 0 Å². The minimum absolute atomic E-state index is 0.321. The van der Waals surface area contributed by atoms with Crippen LogP contribution in [0.2, 0.25) is 0 Å². The molecule has 1 unspecified atom stereocenters. The second-order valence-corrected chi connectivity index (χ2v) is 4.31. The number of hydrogen-bond acceptors (Lipinski definition) is 2. The average Bonchev–Trinajstić information content (AvgIpc) is 2.03. The van der Waals surface area contributed by atoms with Crippen LogP contribution in [0.4, 0.5) is 0 Å². The zero-order chi connectivity index (χ0) is 9.19. The highest BCUT2D eigenvalue weighted by molar-refractivity contribution is 4.92. The molecule has 2 heteroatoms. The lowest BCUT2D eigenvalue weighted by atomic mass is 9.79. The molecule has 0 saturated carbocycles. The maximum atomic E-state index is 5.77. The summed E-state index contributed by atoms with van der Waals surface area (Å²) in [5.41, 5.74) is 6.09. The number of hydrogen-bond donors (Lipinski definition) is 1. The van der Waals surface area contributed by atoms with Crippen LogP contribution in [-0.4, -0.2) is 30.1 Å². The highest BCUT2D eigenvalue weighted by Crippen LogP contribution is 2.31. The van der Waals surface area contributed by atoms with E-state index in [1.165, 1.54) is 19.4 Å². The van der Waals surface area contributed by atoms with Crippen LogP contribution in [-0.2, 0) is 0 Å². The summed E-state index contributed by atoms with van der Waals surface area (Å²) in [6.45, 7) is 10.1. The maximum Gasteiger partial charge on any atom is 0.0193 e. The van der Waals surface area contributed by atoms with E-state index in [-0.39, 0.29) is 0 Å². The van der Waals surface area contributed by atoms with E-state index < -0.39 is 0 Å². The van der Waals surface area contributed by atoms with Crippen LogP contribution >= 0.6 is 0 Å². The minimum Gasteiger partial charge on any atom is -0.330 e. The molecule has 0 bridgehead atoms. The zero-order valence-corrected chi connectivity index (χ0v) is 8.64. The van der Waals surface area contributed by atoms with Crippen molar-refractivity contribution in [2.45, 2.75) is 39.2 Å². The fourth-order valence-electron chi connectivity index (χ4n) is 2.40. The third-order valence-electron chi connectivity index (χ3n) is 3.46. The smallest absolute Gasteiger partial charge is 0.0193 e. The van der Waals surface area contributed by atoms with E-state index in [4.69, 9.17) is 5.73 Å². The standard InChI is InChI=1S/C10H22N2/c1-4-12-7-5-6-9(8-11)10(12,2)3/h9H,4-8,11H2,1-3H3. The Morgan fingerprint density at radius 2 is 2.17 bits per heavy atom. The predicted molar refractivity (Wildman–Crippen MR) is 53.1 cm³/mol. The molecule has 72 valence electrons. The van der Waals surface area contributed by atoms with Gasteiger partial charge in [-0.1, -0.05) is 6.92 Å². The Hall–Kier alpha value is -0.0800. The van der Waals surface area contributed by atoms with Crippen molar-refractivity contribution < 1.29 is 0 Å². The topological polar surface area (TPSA) is 29.3 Å². The predicted octanol–water partition coefficient (Wildman–Crippen LogP) is 1.46. The van der Waals surface area contributed by atoms with Gasteiger partial charge < -0.3 is 5.73 Å². The second-order valence-electron chi connectivity index (χ2n) is 4.31. The highest BCUT2D eigenvalue weighted by Gasteiger charge is 2.36. The lowest BCUT2D eigenvalue weighted by molar-refractivity contribution is 0.0305. The molecule has 0 aromatic carbocycles. The van der Waals surface area contributed by atoms with E-state index >= 15 is 0 Å². The van der Waals surface area contributed by atoms with E-state index in [0.717, 1.165) is 13.1 Å². The van der Waals surface area contributed by atoms with Gasteiger partial charge in [-0.25, -0.2) is 0 Å². The van der Waals surface area contributed by atoms with E-state index in [2.05, 4.69) is 25.7 Å². The molecule has 0 radical (unpaired) electrons. The molecule has 1 aliphatic rings. The number of likely N-dealkylation sites (tertiary alicyclic amines) is 1. The van der Waals surface area contributed by atoms with Crippen LogP contribution in [0, 0.1) is 5.92 Å². The third kappa shape index (κ3) is 1.64. The van der Waals surface area contributed by atoms with Crippen LogP contribution in [0.25, 0.3) is 0 Å². The first-order valence-electron chi connectivity index (χ1n) is 5.08. The van der Waals surface area contributed by atoms with Crippen LogP contribution in [0.1, 0.15) is 33.6 Å². The molecule has 0 spiro atoms. The molecule has 1 fully saturated rings. The van der Waals surface area contributed by atoms with Gasteiger partial charge in [-0.05, 0) is 52.2 Å². The molecule has 0 amide bonds. The fraction of sp³-hybridized carbons (Fsp3) is 1.00. The van der Waals surface area contributed by atoms with Crippen LogP contribution in [0.15, 0.2) is 0 Å². The van der Waals surface area contributed by atoms with Crippen LogP contribution in [0.5, 0.6) is 0 Å². The summed E-state index contributed by atoms with van der Waals surface area (Å²) in [7, 11) is 0. The normalized spacial score (nSPS) is 30.5. The molecule has 1 aliphatic heterocycles. The van der Waals surface area contributed by atoms with E-state index in [1.807, 2.05) is 0 Å². The first-order chi connectivity index (χ1) is 5.62. The van der Waals surface area contributed by atoms with Gasteiger partial charge in [-0.3, -0.25) is 4.90 Å². The van der Waals surface area contributed by atoms with Crippen molar-refractivity contribution in [3.8, 4) is 0 Å². The van der Waals surface area contributed by atoms with Crippen molar-refractivity contribution in [1.82, 2.24) is 4.90 Å². The van der Waals surface area contributed by atoms with Crippen LogP contribution in [0.3, 0.4) is 0 Å². The molecular weight excluding hydrogens is 148 g/mol. The number of piperidine rings is 1. The molecule has 0 aromatic rings. The summed E-state index contributed by atoms with van der Waals surface area (Å²) in [6, 6.07) is 0. The van der Waals surface area contributed by atoms with Gasteiger partial charge in [0.1, 0.15) is 0 Å². The molecule has 1 heterocycles. The van der Waals surface area contributed by atoms with E-state index in [9.17, 15) is 0 Å². The largest absolute Gasteiger partial charge is 0.330 e. The van der Waals surface area contributed by atoms with Crippen LogP contribution < -0.4 is 5.73 Å². The van der Waals surface area contributed by atoms with Crippen molar-refractivity contribution in [3.63, 3.8) is 0 Å². The molecule has 1 saturated heterocycles. The monoisotopic (exact) mass is 170 g/mol. The Bertz CT molecular complexity index is 129. The lowest BCUT2D eigenvalue weighted by Crippen LogP contribution is -2.54. The number of nitrogens with zero attached hydrogens (tertiary/aromatic N) is 1. The molecule has 2 N–H and O–H groups in total. The van der Waals surface area contributed by atoms with Gasteiger partial charge in [0.05, 0.1) is 0 Å². The maximum absolute atomic E-state index is 5.77. The van der Waals surface area contributed by atoms with E-state index in [0.29, 0.717) is 11.5 Å². The van der Waals surface area contributed by atoms with Crippen molar-refractivity contribution in [2.24, 2.45) is 11.7 Å². The first kappa shape index (κ1) is 10.0. The minimum atomic E-state index is 0.321. The van der Waals surface area contributed by atoms with E-state index in [1.54, 1.807) is 0 Å². The first-order valence-corrected chi connectivity index (χ1v) is 5.08. The lowest BCUT2D eigenvalue weighted by Gasteiger charge is -2.47. The average molecular weight is 170 g/mol. The third-order valence-corrected chi connectivity index (χ3v) is 3.46.